The van der Waals surface area contributed by atoms with E-state index in [1.165, 1.54) is 0 Å². The van der Waals surface area contributed by atoms with Gasteiger partial charge in [0.15, 0.2) is 0 Å². The third-order valence-electron chi connectivity index (χ3n) is 6.78. The van der Waals surface area contributed by atoms with Gasteiger partial charge in [0.2, 0.25) is 0 Å². The summed E-state index contributed by atoms with van der Waals surface area (Å²) in [6, 6.07) is 4.10. The van der Waals surface area contributed by atoms with E-state index in [1.54, 1.807) is 0 Å². The van der Waals surface area contributed by atoms with Crippen molar-refractivity contribution < 1.29 is 14.6 Å². The number of benzene rings is 1. The zero-order valence-corrected chi connectivity index (χ0v) is 22.3. The van der Waals surface area contributed by atoms with Crippen LogP contribution < -0.4 is 0 Å². The molecular formula is C28H46NO3. The molecule has 0 saturated carbocycles. The molecule has 1 saturated heterocycles. The number of piperidine rings is 1. The lowest BCUT2D eigenvalue weighted by atomic mass is 9.77. The van der Waals surface area contributed by atoms with Gasteiger partial charge in [-0.05, 0) is 86.6 Å². The van der Waals surface area contributed by atoms with E-state index in [9.17, 15) is 9.90 Å². The summed E-state index contributed by atoms with van der Waals surface area (Å²) in [4.78, 5) is 15.0. The van der Waals surface area contributed by atoms with Crippen molar-refractivity contribution in [2.24, 2.45) is 0 Å². The molecule has 0 spiro atoms. The van der Waals surface area contributed by atoms with Crippen LogP contribution in [0.2, 0.25) is 0 Å². The second-order valence-corrected chi connectivity index (χ2v) is 12.7. The van der Waals surface area contributed by atoms with Crippen molar-refractivity contribution in [2.45, 2.75) is 123 Å². The zero-order chi connectivity index (χ0) is 24.7. The van der Waals surface area contributed by atoms with Gasteiger partial charge in [0, 0.05) is 24.0 Å². The molecule has 1 heterocycles. The number of esters is 1. The average Bonchev–Trinajstić information content (AvgIpc) is 2.61. The van der Waals surface area contributed by atoms with Gasteiger partial charge in [0.25, 0.3) is 0 Å². The molecule has 2 rings (SSSR count). The van der Waals surface area contributed by atoms with E-state index in [4.69, 9.17) is 4.74 Å². The smallest absolute Gasteiger partial charge is 0.306 e. The fourth-order valence-corrected chi connectivity index (χ4v) is 4.92. The molecule has 181 valence electrons. The SMILES string of the molecule is CCC(=O)OC(CN1C(C)(C)C[CH]CC1(C)C)c1cc(C(C)(C)C)c(O)c(C(C)(C)C)c1. The van der Waals surface area contributed by atoms with E-state index in [-0.39, 0.29) is 27.9 Å². The number of phenolic OH excluding ortho intramolecular Hbond substituents is 1. The first-order valence-corrected chi connectivity index (χ1v) is 12.1. The molecule has 1 aromatic carbocycles. The largest absolute Gasteiger partial charge is 0.507 e. The monoisotopic (exact) mass is 444 g/mol. The van der Waals surface area contributed by atoms with Crippen molar-refractivity contribution in [1.82, 2.24) is 4.90 Å². The Hall–Kier alpha value is -1.55. The maximum Gasteiger partial charge on any atom is 0.306 e. The molecule has 0 aliphatic carbocycles. The van der Waals surface area contributed by atoms with Gasteiger partial charge in [-0.15, -0.1) is 0 Å². The molecule has 1 N–H and O–H groups in total. The Kier molecular flexibility index (Phi) is 7.51. The predicted molar refractivity (Wildman–Crippen MR) is 133 cm³/mol. The van der Waals surface area contributed by atoms with Gasteiger partial charge in [0.1, 0.15) is 11.9 Å². The lowest BCUT2D eigenvalue weighted by Gasteiger charge is -2.53. The molecule has 1 radical (unpaired) electrons. The number of carbonyl (C=O) groups excluding carboxylic acids is 1. The van der Waals surface area contributed by atoms with E-state index < -0.39 is 6.10 Å². The van der Waals surface area contributed by atoms with Crippen LogP contribution in [0, 0.1) is 6.42 Å². The number of rotatable bonds is 5. The summed E-state index contributed by atoms with van der Waals surface area (Å²) in [6.07, 6.45) is 4.32. The van der Waals surface area contributed by atoms with Gasteiger partial charge < -0.3 is 9.84 Å². The minimum atomic E-state index is -0.401. The maximum absolute atomic E-state index is 12.5. The molecule has 32 heavy (non-hydrogen) atoms. The summed E-state index contributed by atoms with van der Waals surface area (Å²) >= 11 is 0. The minimum Gasteiger partial charge on any atom is -0.507 e. The number of hydrogen-bond donors (Lipinski definition) is 1. The molecule has 0 aromatic heterocycles. The number of aromatic hydroxyl groups is 1. The first-order valence-electron chi connectivity index (χ1n) is 12.1. The van der Waals surface area contributed by atoms with E-state index in [0.29, 0.717) is 18.7 Å². The number of nitrogens with zero attached hydrogens (tertiary/aromatic N) is 1. The first kappa shape index (κ1) is 26.7. The lowest BCUT2D eigenvalue weighted by molar-refractivity contribution is -0.153. The number of likely N-dealkylation sites (tertiary alicyclic amines) is 1. The number of hydrogen-bond acceptors (Lipinski definition) is 4. The quantitative estimate of drug-likeness (QED) is 0.505. The van der Waals surface area contributed by atoms with E-state index in [0.717, 1.165) is 29.5 Å². The van der Waals surface area contributed by atoms with Crippen LogP contribution in [-0.4, -0.2) is 33.6 Å². The number of phenols is 1. The summed E-state index contributed by atoms with van der Waals surface area (Å²) in [5, 5.41) is 11.2. The van der Waals surface area contributed by atoms with Gasteiger partial charge in [-0.2, -0.15) is 0 Å². The molecule has 4 heteroatoms. The van der Waals surface area contributed by atoms with Crippen LogP contribution in [0.3, 0.4) is 0 Å². The molecule has 1 atom stereocenters. The van der Waals surface area contributed by atoms with Crippen LogP contribution in [0.15, 0.2) is 12.1 Å². The molecule has 0 amide bonds. The molecule has 1 unspecified atom stereocenters. The topological polar surface area (TPSA) is 49.8 Å². The van der Waals surface area contributed by atoms with Gasteiger partial charge in [0.05, 0.1) is 0 Å². The van der Waals surface area contributed by atoms with Crippen molar-refractivity contribution in [3.63, 3.8) is 0 Å². The second kappa shape index (κ2) is 9.00. The highest BCUT2D eigenvalue weighted by Gasteiger charge is 2.43. The molecule has 1 aliphatic rings. The second-order valence-electron chi connectivity index (χ2n) is 12.7. The molecule has 1 aromatic rings. The van der Waals surface area contributed by atoms with E-state index in [1.807, 2.05) is 19.1 Å². The van der Waals surface area contributed by atoms with Crippen LogP contribution >= 0.6 is 0 Å². The normalized spacial score (nSPS) is 20.1. The van der Waals surface area contributed by atoms with Crippen LogP contribution in [0.4, 0.5) is 0 Å². The highest BCUT2D eigenvalue weighted by atomic mass is 16.5. The molecule has 0 bridgehead atoms. The van der Waals surface area contributed by atoms with Crippen molar-refractivity contribution >= 4 is 5.97 Å². The van der Waals surface area contributed by atoms with Crippen LogP contribution in [0.1, 0.15) is 118 Å². The summed E-state index contributed by atoms with van der Waals surface area (Å²) in [5.74, 6) is 0.152. The van der Waals surface area contributed by atoms with Crippen LogP contribution in [-0.2, 0) is 20.4 Å². The molecule has 1 fully saturated rings. The predicted octanol–water partition coefficient (Wildman–Crippen LogP) is 6.84. The van der Waals surface area contributed by atoms with Crippen molar-refractivity contribution in [3.05, 3.63) is 35.2 Å². The summed E-state index contributed by atoms with van der Waals surface area (Å²) < 4.78 is 6.08. The fraction of sp³-hybridized carbons (Fsp3) is 0.714. The van der Waals surface area contributed by atoms with E-state index >= 15 is 0 Å². The van der Waals surface area contributed by atoms with Gasteiger partial charge in [-0.3, -0.25) is 9.69 Å². The van der Waals surface area contributed by atoms with Crippen molar-refractivity contribution in [1.29, 1.82) is 0 Å². The molecule has 4 nitrogen and oxygen atoms in total. The fourth-order valence-electron chi connectivity index (χ4n) is 4.92. The zero-order valence-electron chi connectivity index (χ0n) is 22.3. The third-order valence-corrected chi connectivity index (χ3v) is 6.78. The minimum absolute atomic E-state index is 0.0325. The average molecular weight is 445 g/mol. The summed E-state index contributed by atoms with van der Waals surface area (Å²) in [6.45, 7) is 24.2. The summed E-state index contributed by atoms with van der Waals surface area (Å²) in [5.41, 5.74) is 2.20. The Labute approximate surface area is 196 Å². The standard InChI is InChI=1S/C28H46NO3/c1-12-23(30)32-22(18-29-27(8,9)14-13-15-28(29,10)11)19-16-20(25(2,3)4)24(31)21(17-19)26(5,6)7/h13,16-17,22,31H,12,14-15,18H2,1-11H3. The van der Waals surface area contributed by atoms with Crippen LogP contribution in [0.25, 0.3) is 0 Å². The lowest BCUT2D eigenvalue weighted by Crippen LogP contribution is -2.59. The van der Waals surface area contributed by atoms with Gasteiger partial charge in [-0.25, -0.2) is 0 Å². The highest BCUT2D eigenvalue weighted by Crippen LogP contribution is 2.43. The molecule has 1 aliphatic heterocycles. The van der Waals surface area contributed by atoms with E-state index in [2.05, 4.69) is 80.6 Å². The summed E-state index contributed by atoms with van der Waals surface area (Å²) in [7, 11) is 0. The maximum atomic E-state index is 12.5. The Morgan fingerprint density at radius 2 is 1.44 bits per heavy atom. The molecular weight excluding hydrogens is 398 g/mol. The Morgan fingerprint density at radius 3 is 1.81 bits per heavy atom. The van der Waals surface area contributed by atoms with Crippen molar-refractivity contribution in [2.75, 3.05) is 6.54 Å². The number of carbonyl (C=O) groups is 1. The number of ether oxygens (including phenoxy) is 1. The Balaban J connectivity index is 2.66. The first-order chi connectivity index (χ1) is 14.4. The van der Waals surface area contributed by atoms with Crippen molar-refractivity contribution in [3.8, 4) is 5.75 Å². The highest BCUT2D eigenvalue weighted by molar-refractivity contribution is 5.69. The van der Waals surface area contributed by atoms with Crippen LogP contribution in [0.5, 0.6) is 5.75 Å². The van der Waals surface area contributed by atoms with Gasteiger partial charge in [-0.1, -0.05) is 48.5 Å². The third kappa shape index (κ3) is 5.87. The Bertz CT molecular complexity index is 773. The van der Waals surface area contributed by atoms with Gasteiger partial charge >= 0.3 is 5.97 Å². The Morgan fingerprint density at radius 1 is 1.00 bits per heavy atom.